The summed E-state index contributed by atoms with van der Waals surface area (Å²) in [5.41, 5.74) is 2.69. The van der Waals surface area contributed by atoms with Gasteiger partial charge in [0, 0.05) is 5.69 Å². The second-order valence-electron chi connectivity index (χ2n) is 5.87. The molecule has 0 bridgehead atoms. The lowest BCUT2D eigenvalue weighted by Crippen LogP contribution is -2.31. The van der Waals surface area contributed by atoms with Crippen molar-refractivity contribution in [3.63, 3.8) is 0 Å². The standard InChI is InChI=1S/C20H24N2O4/c1-14-5-4-6-15(2)20(14)22-19(24)13-18(23)21-11-12-26-17-9-7-16(25-3)8-10-17/h4-10H,11-13H2,1-3H3,(H,21,23)(H,22,24). The Balaban J connectivity index is 1.70. The molecule has 0 heterocycles. The fourth-order valence-electron chi connectivity index (χ4n) is 2.43. The van der Waals surface area contributed by atoms with Crippen molar-refractivity contribution >= 4 is 17.5 Å². The third kappa shape index (κ3) is 5.81. The van der Waals surface area contributed by atoms with Gasteiger partial charge in [0.2, 0.25) is 11.8 Å². The predicted molar refractivity (Wildman–Crippen MR) is 101 cm³/mol. The molecule has 0 aromatic heterocycles. The molecule has 138 valence electrons. The number of hydrogen-bond donors (Lipinski definition) is 2. The van der Waals surface area contributed by atoms with Crippen LogP contribution in [0.1, 0.15) is 17.5 Å². The fraction of sp³-hybridized carbons (Fsp3) is 0.300. The first-order chi connectivity index (χ1) is 12.5. The number of anilines is 1. The summed E-state index contributed by atoms with van der Waals surface area (Å²) in [5, 5.41) is 5.47. The van der Waals surface area contributed by atoms with E-state index in [0.717, 1.165) is 22.6 Å². The van der Waals surface area contributed by atoms with Crippen LogP contribution in [0.15, 0.2) is 42.5 Å². The zero-order chi connectivity index (χ0) is 18.9. The average Bonchev–Trinajstić information content (AvgIpc) is 2.62. The van der Waals surface area contributed by atoms with Gasteiger partial charge < -0.3 is 20.1 Å². The van der Waals surface area contributed by atoms with Gasteiger partial charge in [0.25, 0.3) is 0 Å². The smallest absolute Gasteiger partial charge is 0.233 e. The van der Waals surface area contributed by atoms with Crippen LogP contribution >= 0.6 is 0 Å². The van der Waals surface area contributed by atoms with Crippen LogP contribution in [0.3, 0.4) is 0 Å². The second kappa shape index (κ2) is 9.46. The van der Waals surface area contributed by atoms with Gasteiger partial charge in [-0.2, -0.15) is 0 Å². The molecule has 6 heteroatoms. The zero-order valence-electron chi connectivity index (χ0n) is 15.3. The Morgan fingerprint density at radius 2 is 1.54 bits per heavy atom. The Bertz CT molecular complexity index is 737. The fourth-order valence-corrected chi connectivity index (χ4v) is 2.43. The largest absolute Gasteiger partial charge is 0.497 e. The normalized spacial score (nSPS) is 10.1. The maximum Gasteiger partial charge on any atom is 0.233 e. The Kier molecular flexibility index (Phi) is 7.02. The number of aryl methyl sites for hydroxylation is 2. The molecule has 2 aromatic carbocycles. The molecule has 0 unspecified atom stereocenters. The molecule has 0 atom stereocenters. The number of benzene rings is 2. The quantitative estimate of drug-likeness (QED) is 0.563. The van der Waals surface area contributed by atoms with Gasteiger partial charge >= 0.3 is 0 Å². The van der Waals surface area contributed by atoms with Crippen LogP contribution in [0.4, 0.5) is 5.69 Å². The van der Waals surface area contributed by atoms with Gasteiger partial charge in [-0.25, -0.2) is 0 Å². The predicted octanol–water partition coefficient (Wildman–Crippen LogP) is 2.84. The van der Waals surface area contributed by atoms with Crippen molar-refractivity contribution in [1.29, 1.82) is 0 Å². The molecule has 0 saturated carbocycles. The maximum absolute atomic E-state index is 12.0. The van der Waals surface area contributed by atoms with Crippen molar-refractivity contribution in [2.75, 3.05) is 25.6 Å². The number of methoxy groups -OCH3 is 1. The Hall–Kier alpha value is -3.02. The van der Waals surface area contributed by atoms with E-state index >= 15 is 0 Å². The highest BCUT2D eigenvalue weighted by Crippen LogP contribution is 2.19. The summed E-state index contributed by atoms with van der Waals surface area (Å²) in [5.74, 6) is 0.761. The van der Waals surface area contributed by atoms with E-state index in [1.165, 1.54) is 0 Å². The van der Waals surface area contributed by atoms with Crippen LogP contribution in [-0.4, -0.2) is 32.1 Å². The number of ether oxygens (including phenoxy) is 2. The lowest BCUT2D eigenvalue weighted by molar-refractivity contribution is -0.126. The van der Waals surface area contributed by atoms with Crippen LogP contribution in [0.5, 0.6) is 11.5 Å². The first-order valence-corrected chi connectivity index (χ1v) is 8.39. The second-order valence-corrected chi connectivity index (χ2v) is 5.87. The molecule has 26 heavy (non-hydrogen) atoms. The summed E-state index contributed by atoms with van der Waals surface area (Å²) in [7, 11) is 1.60. The van der Waals surface area contributed by atoms with Gasteiger partial charge in [0.05, 0.1) is 13.7 Å². The number of carbonyl (C=O) groups is 2. The van der Waals surface area contributed by atoms with Crippen LogP contribution in [0.2, 0.25) is 0 Å². The lowest BCUT2D eigenvalue weighted by atomic mass is 10.1. The molecule has 6 nitrogen and oxygen atoms in total. The van der Waals surface area contributed by atoms with Crippen molar-refractivity contribution < 1.29 is 19.1 Å². The van der Waals surface area contributed by atoms with Crippen molar-refractivity contribution in [1.82, 2.24) is 5.32 Å². The van der Waals surface area contributed by atoms with E-state index in [4.69, 9.17) is 9.47 Å². The summed E-state index contributed by atoms with van der Waals surface area (Å²) in [6.45, 7) is 4.47. The Morgan fingerprint density at radius 3 is 2.15 bits per heavy atom. The number of amides is 2. The van der Waals surface area contributed by atoms with Gasteiger partial charge in [0.15, 0.2) is 0 Å². The van der Waals surface area contributed by atoms with Gasteiger partial charge in [-0.15, -0.1) is 0 Å². The van der Waals surface area contributed by atoms with E-state index in [1.54, 1.807) is 31.4 Å². The molecular formula is C20H24N2O4. The van der Waals surface area contributed by atoms with Crippen molar-refractivity contribution in [3.05, 3.63) is 53.6 Å². The number of para-hydroxylation sites is 1. The highest BCUT2D eigenvalue weighted by molar-refractivity contribution is 6.04. The molecule has 0 fully saturated rings. The first kappa shape index (κ1) is 19.3. The van der Waals surface area contributed by atoms with Crippen LogP contribution in [0.25, 0.3) is 0 Å². The van der Waals surface area contributed by atoms with E-state index in [-0.39, 0.29) is 18.2 Å². The van der Waals surface area contributed by atoms with Gasteiger partial charge in [-0.3, -0.25) is 9.59 Å². The molecule has 2 aromatic rings. The minimum Gasteiger partial charge on any atom is -0.497 e. The molecule has 0 spiro atoms. The SMILES string of the molecule is COc1ccc(OCCNC(=O)CC(=O)Nc2c(C)cccc2C)cc1. The molecule has 0 radical (unpaired) electrons. The van der Waals surface area contributed by atoms with E-state index in [9.17, 15) is 9.59 Å². The number of nitrogens with one attached hydrogen (secondary N) is 2. The van der Waals surface area contributed by atoms with E-state index < -0.39 is 0 Å². The van der Waals surface area contributed by atoms with Gasteiger partial charge in [0.1, 0.15) is 24.5 Å². The Morgan fingerprint density at radius 1 is 0.923 bits per heavy atom. The molecule has 2 rings (SSSR count). The minimum absolute atomic E-state index is 0.226. The van der Waals surface area contributed by atoms with Gasteiger partial charge in [-0.1, -0.05) is 18.2 Å². The average molecular weight is 356 g/mol. The number of hydrogen-bond acceptors (Lipinski definition) is 4. The lowest BCUT2D eigenvalue weighted by Gasteiger charge is -2.11. The van der Waals surface area contributed by atoms with E-state index in [2.05, 4.69) is 10.6 Å². The third-order valence-electron chi connectivity index (χ3n) is 3.82. The third-order valence-corrected chi connectivity index (χ3v) is 3.82. The van der Waals surface area contributed by atoms with Crippen LogP contribution in [-0.2, 0) is 9.59 Å². The van der Waals surface area contributed by atoms with Crippen molar-refractivity contribution in [2.45, 2.75) is 20.3 Å². The molecule has 0 aliphatic heterocycles. The van der Waals surface area contributed by atoms with E-state index in [1.807, 2.05) is 32.0 Å². The monoisotopic (exact) mass is 356 g/mol. The summed E-state index contributed by atoms with van der Waals surface area (Å²) in [6.07, 6.45) is -0.226. The number of rotatable bonds is 8. The molecule has 0 saturated heterocycles. The van der Waals surface area contributed by atoms with Crippen LogP contribution < -0.4 is 20.1 Å². The van der Waals surface area contributed by atoms with E-state index in [0.29, 0.717) is 18.9 Å². The number of carbonyl (C=O) groups excluding carboxylic acids is 2. The summed E-state index contributed by atoms with van der Waals surface area (Å²) >= 11 is 0. The van der Waals surface area contributed by atoms with Gasteiger partial charge in [-0.05, 0) is 49.2 Å². The molecule has 2 amide bonds. The molecule has 2 N–H and O–H groups in total. The zero-order valence-corrected chi connectivity index (χ0v) is 15.3. The summed E-state index contributed by atoms with van der Waals surface area (Å²) < 4.78 is 10.6. The highest BCUT2D eigenvalue weighted by Gasteiger charge is 2.11. The van der Waals surface area contributed by atoms with Crippen molar-refractivity contribution in [2.24, 2.45) is 0 Å². The first-order valence-electron chi connectivity index (χ1n) is 8.39. The highest BCUT2D eigenvalue weighted by atomic mass is 16.5. The molecule has 0 aliphatic rings. The van der Waals surface area contributed by atoms with Crippen molar-refractivity contribution in [3.8, 4) is 11.5 Å². The molecule has 0 aliphatic carbocycles. The summed E-state index contributed by atoms with van der Waals surface area (Å²) in [4.78, 5) is 23.9. The topological polar surface area (TPSA) is 76.7 Å². The molecular weight excluding hydrogens is 332 g/mol. The minimum atomic E-state index is -0.341. The maximum atomic E-state index is 12.0. The summed E-state index contributed by atoms with van der Waals surface area (Å²) in [6, 6.07) is 12.9. The Labute approximate surface area is 153 Å². The van der Waals surface area contributed by atoms with Crippen LogP contribution in [0, 0.1) is 13.8 Å².